The number of rotatable bonds is 2. The molecule has 0 amide bonds. The third kappa shape index (κ3) is 2.18. The van der Waals surface area contributed by atoms with E-state index in [4.69, 9.17) is 10.5 Å². The van der Waals surface area contributed by atoms with E-state index in [0.29, 0.717) is 5.92 Å². The van der Waals surface area contributed by atoms with E-state index in [1.165, 1.54) is 29.1 Å². The molecule has 0 aliphatic carbocycles. The minimum atomic E-state index is 0.151. The first-order chi connectivity index (χ1) is 8.36. The Morgan fingerprint density at radius 3 is 3.18 bits per heavy atom. The van der Waals surface area contributed by atoms with Crippen LogP contribution >= 0.6 is 11.8 Å². The summed E-state index contributed by atoms with van der Waals surface area (Å²) in [6.07, 6.45) is 3.51. The van der Waals surface area contributed by atoms with Crippen LogP contribution < -0.4 is 10.5 Å². The number of nitrogens with two attached hydrogens (primary N) is 1. The molecule has 17 heavy (non-hydrogen) atoms. The molecule has 1 aromatic carbocycles. The molecule has 2 atom stereocenters. The molecule has 0 saturated carbocycles. The van der Waals surface area contributed by atoms with E-state index in [0.717, 1.165) is 25.2 Å². The molecule has 2 nitrogen and oxygen atoms in total. The van der Waals surface area contributed by atoms with E-state index in [1.54, 1.807) is 0 Å². The molecule has 2 aliphatic heterocycles. The van der Waals surface area contributed by atoms with Crippen molar-refractivity contribution in [2.24, 2.45) is 11.7 Å². The Morgan fingerprint density at radius 1 is 1.41 bits per heavy atom. The predicted molar refractivity (Wildman–Crippen MR) is 72.6 cm³/mol. The van der Waals surface area contributed by atoms with Gasteiger partial charge >= 0.3 is 0 Å². The fourth-order valence-corrected chi connectivity index (χ4v) is 4.08. The smallest absolute Gasteiger partial charge is 0.127 e. The van der Waals surface area contributed by atoms with E-state index in [1.807, 2.05) is 11.8 Å². The first-order valence-corrected chi connectivity index (χ1v) is 7.59. The topological polar surface area (TPSA) is 35.2 Å². The Balaban J connectivity index is 1.91. The van der Waals surface area contributed by atoms with Crippen LogP contribution in [0.15, 0.2) is 18.2 Å². The van der Waals surface area contributed by atoms with E-state index < -0.39 is 0 Å². The van der Waals surface area contributed by atoms with Gasteiger partial charge in [-0.05, 0) is 42.2 Å². The summed E-state index contributed by atoms with van der Waals surface area (Å²) in [4.78, 5) is 0. The van der Waals surface area contributed by atoms with Gasteiger partial charge in [-0.1, -0.05) is 18.2 Å². The standard InChI is InChI=1S/C14H19NOS/c15-13(11-6-8-17-9-11)12-5-1-3-10-4-2-7-16-14(10)12/h1,3,5,11,13H,2,4,6-9,15H2. The molecule has 2 unspecified atom stereocenters. The van der Waals surface area contributed by atoms with Gasteiger partial charge in [0.15, 0.2) is 0 Å². The summed E-state index contributed by atoms with van der Waals surface area (Å²) in [6.45, 7) is 0.843. The second-order valence-electron chi connectivity index (χ2n) is 4.94. The SMILES string of the molecule is NC(c1cccc2c1OCCC2)C1CCSC1. The second-order valence-corrected chi connectivity index (χ2v) is 6.09. The van der Waals surface area contributed by atoms with Gasteiger partial charge < -0.3 is 10.5 Å². The number of thioether (sulfide) groups is 1. The summed E-state index contributed by atoms with van der Waals surface area (Å²) in [7, 11) is 0. The summed E-state index contributed by atoms with van der Waals surface area (Å²) in [6, 6.07) is 6.61. The maximum Gasteiger partial charge on any atom is 0.127 e. The molecule has 0 spiro atoms. The van der Waals surface area contributed by atoms with Crippen LogP contribution in [-0.2, 0) is 6.42 Å². The van der Waals surface area contributed by atoms with Crippen molar-refractivity contribution in [3.63, 3.8) is 0 Å². The van der Waals surface area contributed by atoms with Gasteiger partial charge in [-0.25, -0.2) is 0 Å². The highest BCUT2D eigenvalue weighted by Crippen LogP contribution is 2.38. The second kappa shape index (κ2) is 4.91. The Kier molecular flexibility index (Phi) is 3.30. The summed E-state index contributed by atoms with van der Waals surface area (Å²) in [5.41, 5.74) is 9.00. The number of para-hydroxylation sites is 1. The van der Waals surface area contributed by atoms with Crippen molar-refractivity contribution >= 4 is 11.8 Å². The minimum absolute atomic E-state index is 0.151. The van der Waals surface area contributed by atoms with Gasteiger partial charge in [-0.2, -0.15) is 11.8 Å². The van der Waals surface area contributed by atoms with Crippen LogP contribution in [0.1, 0.15) is 30.0 Å². The largest absolute Gasteiger partial charge is 0.493 e. The third-order valence-corrected chi connectivity index (χ3v) is 4.98. The van der Waals surface area contributed by atoms with Gasteiger partial charge in [0.05, 0.1) is 6.61 Å². The zero-order valence-electron chi connectivity index (χ0n) is 10.0. The highest BCUT2D eigenvalue weighted by molar-refractivity contribution is 7.99. The molecule has 2 N–H and O–H groups in total. The fourth-order valence-electron chi connectivity index (χ4n) is 2.77. The lowest BCUT2D eigenvalue weighted by Crippen LogP contribution is -2.23. The maximum absolute atomic E-state index is 6.43. The molecule has 3 heteroatoms. The lowest BCUT2D eigenvalue weighted by molar-refractivity contribution is 0.280. The van der Waals surface area contributed by atoms with E-state index >= 15 is 0 Å². The van der Waals surface area contributed by atoms with Crippen molar-refractivity contribution in [2.75, 3.05) is 18.1 Å². The normalized spacial score (nSPS) is 25.1. The third-order valence-electron chi connectivity index (χ3n) is 3.80. The zero-order valence-corrected chi connectivity index (χ0v) is 10.8. The maximum atomic E-state index is 6.43. The number of hydrogen-bond acceptors (Lipinski definition) is 3. The first kappa shape index (κ1) is 11.4. The number of benzene rings is 1. The van der Waals surface area contributed by atoms with Gasteiger partial charge in [0.2, 0.25) is 0 Å². The molecular formula is C14H19NOS. The van der Waals surface area contributed by atoms with Gasteiger partial charge in [0, 0.05) is 11.6 Å². The summed E-state index contributed by atoms with van der Waals surface area (Å²) < 4.78 is 5.85. The lowest BCUT2D eigenvalue weighted by Gasteiger charge is -2.25. The molecule has 1 aromatic rings. The number of hydrogen-bond donors (Lipinski definition) is 1. The van der Waals surface area contributed by atoms with Gasteiger partial charge in [-0.3, -0.25) is 0 Å². The van der Waals surface area contributed by atoms with Crippen LogP contribution in [0.3, 0.4) is 0 Å². The molecule has 2 heterocycles. The molecule has 0 aromatic heterocycles. The molecule has 2 aliphatic rings. The summed E-state index contributed by atoms with van der Waals surface area (Å²) in [5.74, 6) is 4.17. The zero-order chi connectivity index (χ0) is 11.7. The van der Waals surface area contributed by atoms with Gasteiger partial charge in [0.25, 0.3) is 0 Å². The van der Waals surface area contributed by atoms with Crippen LogP contribution in [0.25, 0.3) is 0 Å². The van der Waals surface area contributed by atoms with E-state index in [9.17, 15) is 0 Å². The van der Waals surface area contributed by atoms with Crippen LogP contribution in [0.2, 0.25) is 0 Å². The van der Waals surface area contributed by atoms with Crippen molar-refractivity contribution in [3.05, 3.63) is 29.3 Å². The molecule has 3 rings (SSSR count). The van der Waals surface area contributed by atoms with E-state index in [-0.39, 0.29) is 6.04 Å². The van der Waals surface area contributed by atoms with Crippen LogP contribution in [0, 0.1) is 5.92 Å². The van der Waals surface area contributed by atoms with Crippen LogP contribution in [0.5, 0.6) is 5.75 Å². The molecule has 1 fully saturated rings. The molecule has 0 bridgehead atoms. The van der Waals surface area contributed by atoms with Crippen molar-refractivity contribution in [1.82, 2.24) is 0 Å². The van der Waals surface area contributed by atoms with Gasteiger partial charge in [0.1, 0.15) is 5.75 Å². The Morgan fingerprint density at radius 2 is 2.35 bits per heavy atom. The molecule has 92 valence electrons. The number of fused-ring (bicyclic) bond motifs is 1. The predicted octanol–water partition coefficient (Wildman–Crippen LogP) is 2.76. The van der Waals surface area contributed by atoms with Crippen molar-refractivity contribution in [2.45, 2.75) is 25.3 Å². The summed E-state index contributed by atoms with van der Waals surface area (Å²) >= 11 is 2.02. The van der Waals surface area contributed by atoms with E-state index in [2.05, 4.69) is 18.2 Å². The Labute approximate surface area is 107 Å². The van der Waals surface area contributed by atoms with Gasteiger partial charge in [-0.15, -0.1) is 0 Å². The first-order valence-electron chi connectivity index (χ1n) is 6.44. The molecule has 1 saturated heterocycles. The lowest BCUT2D eigenvalue weighted by atomic mass is 9.90. The van der Waals surface area contributed by atoms with Crippen molar-refractivity contribution < 1.29 is 4.74 Å². The van der Waals surface area contributed by atoms with Crippen molar-refractivity contribution in [1.29, 1.82) is 0 Å². The van der Waals surface area contributed by atoms with Crippen LogP contribution in [0.4, 0.5) is 0 Å². The number of aryl methyl sites for hydroxylation is 1. The molecule has 0 radical (unpaired) electrons. The monoisotopic (exact) mass is 249 g/mol. The fraction of sp³-hybridized carbons (Fsp3) is 0.571. The van der Waals surface area contributed by atoms with Crippen molar-refractivity contribution in [3.8, 4) is 5.75 Å². The average Bonchev–Trinajstić information content (AvgIpc) is 2.91. The number of ether oxygens (including phenoxy) is 1. The highest BCUT2D eigenvalue weighted by Gasteiger charge is 2.27. The van der Waals surface area contributed by atoms with Crippen LogP contribution in [-0.4, -0.2) is 18.1 Å². The minimum Gasteiger partial charge on any atom is -0.493 e. The quantitative estimate of drug-likeness (QED) is 0.875. The Bertz CT molecular complexity index is 401. The Hall–Kier alpha value is -0.670. The average molecular weight is 249 g/mol. The summed E-state index contributed by atoms with van der Waals surface area (Å²) in [5, 5.41) is 0. The highest BCUT2D eigenvalue weighted by atomic mass is 32.2. The molecular weight excluding hydrogens is 230 g/mol.